The lowest BCUT2D eigenvalue weighted by atomic mass is 9.97. The monoisotopic (exact) mass is 120 g/mol. The number of benzene rings is 1. The van der Waals surface area contributed by atoms with Gasteiger partial charge in [-0.2, -0.15) is 0 Å². The van der Waals surface area contributed by atoms with E-state index in [1.165, 1.54) is 12.1 Å². The topological polar surface area (TPSA) is 0 Å². The molecule has 2 heteroatoms. The Morgan fingerprint density at radius 3 is 2.67 bits per heavy atom. The third kappa shape index (κ3) is 1.56. The first-order valence-corrected chi connectivity index (χ1v) is 2.77. The maximum Gasteiger partial charge on any atom is 0.123 e. The van der Waals surface area contributed by atoms with Crippen molar-refractivity contribution in [3.05, 3.63) is 35.6 Å². The molecule has 0 heterocycles. The van der Waals surface area contributed by atoms with Crippen molar-refractivity contribution in [2.75, 3.05) is 0 Å². The Labute approximate surface area is 55.1 Å². The van der Waals surface area contributed by atoms with Crippen LogP contribution in [0.25, 0.3) is 0 Å². The highest BCUT2D eigenvalue weighted by atomic mass is 19.1. The maximum atomic E-state index is 12.3. The largest absolute Gasteiger partial charge is 0.207 e. The fourth-order valence-corrected chi connectivity index (χ4v) is 0.664. The van der Waals surface area contributed by atoms with Crippen LogP contribution in [0.2, 0.25) is 0 Å². The molecule has 0 aliphatic carbocycles. The lowest BCUT2D eigenvalue weighted by Crippen LogP contribution is -1.83. The first kappa shape index (κ1) is 6.34. The molecule has 9 heavy (non-hydrogen) atoms. The van der Waals surface area contributed by atoms with Crippen molar-refractivity contribution in [3.63, 3.8) is 0 Å². The molecule has 0 N–H and O–H groups in total. The third-order valence-electron chi connectivity index (χ3n) is 1.12. The molecule has 0 unspecified atom stereocenters. The quantitative estimate of drug-likeness (QED) is 0.492. The molecule has 0 amide bonds. The van der Waals surface area contributed by atoms with Crippen LogP contribution in [0.4, 0.5) is 4.39 Å². The molecule has 1 aromatic rings. The molecule has 0 bridgehead atoms. The predicted octanol–water partition coefficient (Wildman–Crippen LogP) is 1.49. The minimum atomic E-state index is -0.224. The fraction of sp³-hybridized carbons (Fsp3) is 0.143. The molecule has 44 valence electrons. The normalized spacial score (nSPS) is 9.44. The molecule has 2 radical (unpaired) electrons. The molecule has 0 nitrogen and oxygen atoms in total. The van der Waals surface area contributed by atoms with Crippen molar-refractivity contribution < 1.29 is 4.39 Å². The van der Waals surface area contributed by atoms with Gasteiger partial charge in [-0.25, -0.2) is 4.39 Å². The van der Waals surface area contributed by atoms with Gasteiger partial charge in [0.15, 0.2) is 0 Å². The second-order valence-corrected chi connectivity index (χ2v) is 1.83. The Hall–Kier alpha value is -0.785. The van der Waals surface area contributed by atoms with E-state index < -0.39 is 0 Å². The third-order valence-corrected chi connectivity index (χ3v) is 1.12. The van der Waals surface area contributed by atoms with Crippen molar-refractivity contribution >= 4 is 7.85 Å². The summed E-state index contributed by atoms with van der Waals surface area (Å²) in [5.74, 6) is -0.224. The van der Waals surface area contributed by atoms with Crippen molar-refractivity contribution in [1.82, 2.24) is 0 Å². The zero-order valence-corrected chi connectivity index (χ0v) is 4.97. The van der Waals surface area contributed by atoms with E-state index in [1.807, 2.05) is 0 Å². The molecule has 0 saturated carbocycles. The van der Waals surface area contributed by atoms with Gasteiger partial charge in [0.1, 0.15) is 5.82 Å². The maximum absolute atomic E-state index is 12.3. The summed E-state index contributed by atoms with van der Waals surface area (Å²) >= 11 is 0. The Morgan fingerprint density at radius 2 is 2.22 bits per heavy atom. The molecule has 0 aromatic heterocycles. The smallest absolute Gasteiger partial charge is 0.123 e. The molecule has 0 fully saturated rings. The summed E-state index contributed by atoms with van der Waals surface area (Å²) in [4.78, 5) is 0. The minimum absolute atomic E-state index is 0.224. The van der Waals surface area contributed by atoms with E-state index in [4.69, 9.17) is 7.85 Å². The average molecular weight is 120 g/mol. The Morgan fingerprint density at radius 1 is 1.44 bits per heavy atom. The highest BCUT2D eigenvalue weighted by Gasteiger charge is 1.88. The van der Waals surface area contributed by atoms with Crippen LogP contribution >= 0.6 is 0 Å². The second kappa shape index (κ2) is 2.67. The summed E-state index contributed by atoms with van der Waals surface area (Å²) < 4.78 is 12.3. The first-order chi connectivity index (χ1) is 4.33. The molecule has 1 aromatic carbocycles. The van der Waals surface area contributed by atoms with Crippen LogP contribution in [-0.4, -0.2) is 7.85 Å². The lowest BCUT2D eigenvalue weighted by Gasteiger charge is -1.92. The molecular weight excluding hydrogens is 114 g/mol. The van der Waals surface area contributed by atoms with Crippen LogP contribution in [0.5, 0.6) is 0 Å². The van der Waals surface area contributed by atoms with E-state index >= 15 is 0 Å². The van der Waals surface area contributed by atoms with E-state index in [-0.39, 0.29) is 5.82 Å². The molecular formula is C7H6BF. The summed E-state index contributed by atoms with van der Waals surface area (Å²) in [7, 11) is 5.25. The number of halogens is 1. The lowest BCUT2D eigenvalue weighted by molar-refractivity contribution is 0.626. The Balaban J connectivity index is 2.94. The number of hydrogen-bond acceptors (Lipinski definition) is 0. The standard InChI is InChI=1S/C7H6BF/c8-5-6-2-1-3-7(9)4-6/h1-4H,5H2. The second-order valence-electron chi connectivity index (χ2n) is 1.83. The summed E-state index contributed by atoms with van der Waals surface area (Å²) in [6.45, 7) is 0. The van der Waals surface area contributed by atoms with E-state index in [0.29, 0.717) is 6.32 Å². The minimum Gasteiger partial charge on any atom is -0.207 e. The van der Waals surface area contributed by atoms with E-state index in [2.05, 4.69) is 0 Å². The van der Waals surface area contributed by atoms with Gasteiger partial charge in [0.25, 0.3) is 0 Å². The summed E-state index contributed by atoms with van der Waals surface area (Å²) in [5.41, 5.74) is 0.829. The first-order valence-electron chi connectivity index (χ1n) is 2.77. The zero-order chi connectivity index (χ0) is 6.69. The Bertz CT molecular complexity index is 198. The van der Waals surface area contributed by atoms with Gasteiger partial charge in [0.2, 0.25) is 0 Å². The average Bonchev–Trinajstić information content (AvgIpc) is 1.88. The van der Waals surface area contributed by atoms with Gasteiger partial charge in [0.05, 0.1) is 7.85 Å². The van der Waals surface area contributed by atoms with Gasteiger partial charge in [0, 0.05) is 0 Å². The van der Waals surface area contributed by atoms with E-state index in [9.17, 15) is 4.39 Å². The van der Waals surface area contributed by atoms with Crippen LogP contribution < -0.4 is 0 Å². The predicted molar refractivity (Wildman–Crippen MR) is 35.9 cm³/mol. The molecule has 0 aliphatic rings. The SMILES string of the molecule is [B]Cc1cccc(F)c1. The van der Waals surface area contributed by atoms with Crippen LogP contribution in [0, 0.1) is 5.82 Å². The van der Waals surface area contributed by atoms with Gasteiger partial charge < -0.3 is 0 Å². The summed E-state index contributed by atoms with van der Waals surface area (Å²) in [5, 5.41) is 0. The number of rotatable bonds is 1. The van der Waals surface area contributed by atoms with E-state index in [0.717, 1.165) is 5.56 Å². The number of hydrogen-bond donors (Lipinski definition) is 0. The van der Waals surface area contributed by atoms with Crippen LogP contribution in [-0.2, 0) is 6.32 Å². The van der Waals surface area contributed by atoms with Gasteiger partial charge >= 0.3 is 0 Å². The molecule has 0 atom stereocenters. The van der Waals surface area contributed by atoms with Gasteiger partial charge in [-0.1, -0.05) is 24.0 Å². The van der Waals surface area contributed by atoms with Crippen molar-refractivity contribution in [2.24, 2.45) is 0 Å². The molecule has 0 saturated heterocycles. The Kier molecular flexibility index (Phi) is 1.88. The highest BCUT2D eigenvalue weighted by molar-refractivity contribution is 6.08. The van der Waals surface area contributed by atoms with Crippen LogP contribution in [0.3, 0.4) is 0 Å². The summed E-state index contributed by atoms with van der Waals surface area (Å²) in [6, 6.07) is 6.28. The van der Waals surface area contributed by atoms with Gasteiger partial charge in [-0.05, 0) is 12.1 Å². The van der Waals surface area contributed by atoms with Crippen molar-refractivity contribution in [2.45, 2.75) is 6.32 Å². The highest BCUT2D eigenvalue weighted by Crippen LogP contribution is 2.01. The molecule has 0 spiro atoms. The fourth-order valence-electron chi connectivity index (χ4n) is 0.664. The van der Waals surface area contributed by atoms with Crippen molar-refractivity contribution in [3.8, 4) is 0 Å². The molecule has 0 aliphatic heterocycles. The zero-order valence-electron chi connectivity index (χ0n) is 4.97. The molecule has 1 rings (SSSR count). The van der Waals surface area contributed by atoms with Gasteiger partial charge in [-0.3, -0.25) is 0 Å². The summed E-state index contributed by atoms with van der Waals surface area (Å²) in [6.07, 6.45) is 0.401. The van der Waals surface area contributed by atoms with Crippen LogP contribution in [0.15, 0.2) is 24.3 Å². The van der Waals surface area contributed by atoms with Crippen LogP contribution in [0.1, 0.15) is 5.56 Å². The van der Waals surface area contributed by atoms with Crippen molar-refractivity contribution in [1.29, 1.82) is 0 Å². The van der Waals surface area contributed by atoms with E-state index in [1.54, 1.807) is 12.1 Å². The van der Waals surface area contributed by atoms with Gasteiger partial charge in [-0.15, -0.1) is 0 Å².